The first kappa shape index (κ1) is 16.4. The second-order valence-electron chi connectivity index (χ2n) is 4.80. The van der Waals surface area contributed by atoms with Gasteiger partial charge in [-0.1, -0.05) is 30.8 Å². The normalized spacial score (nSPS) is 14.0. The molecule has 2 rings (SSSR count). The smallest absolute Gasteiger partial charge is 0.326 e. The largest absolute Gasteiger partial charge is 0.454 e. The lowest BCUT2D eigenvalue weighted by molar-refractivity contribution is -0.147. The molecule has 1 fully saturated rings. The van der Waals surface area contributed by atoms with E-state index in [0.29, 0.717) is 18.0 Å². The summed E-state index contributed by atoms with van der Waals surface area (Å²) in [6, 6.07) is 7.47. The number of hydrogen-bond donors (Lipinski definition) is 1. The van der Waals surface area contributed by atoms with Gasteiger partial charge in [-0.05, 0) is 24.1 Å². The minimum absolute atomic E-state index is 0.107. The Morgan fingerprint density at radius 1 is 1.32 bits per heavy atom. The minimum Gasteiger partial charge on any atom is -0.454 e. The zero-order chi connectivity index (χ0) is 15.9. The molecule has 6 nitrogen and oxygen atoms in total. The highest BCUT2D eigenvalue weighted by Gasteiger charge is 2.24. The van der Waals surface area contributed by atoms with Gasteiger partial charge in [0, 0.05) is 18.0 Å². The number of benzene rings is 1. The second kappa shape index (κ2) is 7.84. The van der Waals surface area contributed by atoms with Crippen molar-refractivity contribution in [2.75, 3.05) is 30.8 Å². The number of rotatable bonds is 6. The van der Waals surface area contributed by atoms with E-state index >= 15 is 0 Å². The van der Waals surface area contributed by atoms with Crippen LogP contribution < -0.4 is 5.32 Å². The zero-order valence-electron chi connectivity index (χ0n) is 12.3. The fourth-order valence-electron chi connectivity index (χ4n) is 1.94. The Bertz CT molecular complexity index is 559. The average molecular weight is 322 g/mol. The molecule has 2 amide bonds. The van der Waals surface area contributed by atoms with Crippen molar-refractivity contribution in [1.29, 1.82) is 0 Å². The summed E-state index contributed by atoms with van der Waals surface area (Å²) in [5, 5.41) is 2.52. The van der Waals surface area contributed by atoms with Crippen LogP contribution in [-0.4, -0.2) is 47.5 Å². The van der Waals surface area contributed by atoms with Gasteiger partial charge in [0.2, 0.25) is 0 Å². The van der Waals surface area contributed by atoms with E-state index in [-0.39, 0.29) is 18.4 Å². The van der Waals surface area contributed by atoms with E-state index in [1.54, 1.807) is 12.1 Å². The van der Waals surface area contributed by atoms with Gasteiger partial charge in [0.05, 0.1) is 0 Å². The Labute approximate surface area is 133 Å². The Morgan fingerprint density at radius 2 is 2.05 bits per heavy atom. The molecule has 1 heterocycles. The number of esters is 1. The molecule has 7 heteroatoms. The van der Waals surface area contributed by atoms with Crippen molar-refractivity contribution < 1.29 is 19.1 Å². The van der Waals surface area contributed by atoms with Crippen LogP contribution in [0.1, 0.15) is 12.5 Å². The van der Waals surface area contributed by atoms with Crippen LogP contribution in [-0.2, 0) is 20.7 Å². The summed E-state index contributed by atoms with van der Waals surface area (Å²) in [4.78, 5) is 36.0. The number of anilines is 1. The molecule has 0 spiro atoms. The molecule has 0 radical (unpaired) electrons. The van der Waals surface area contributed by atoms with Gasteiger partial charge in [0.1, 0.15) is 6.54 Å². The lowest BCUT2D eigenvalue weighted by Crippen LogP contribution is -2.32. The first-order valence-corrected chi connectivity index (χ1v) is 8.03. The maximum absolute atomic E-state index is 11.7. The number of aryl methyl sites for hydroxylation is 1. The molecule has 1 aromatic rings. The van der Waals surface area contributed by atoms with Crippen molar-refractivity contribution in [3.63, 3.8) is 0 Å². The van der Waals surface area contributed by atoms with Gasteiger partial charge < -0.3 is 15.0 Å². The number of ether oxygens (including phenoxy) is 1. The van der Waals surface area contributed by atoms with Gasteiger partial charge in [0.25, 0.3) is 11.1 Å². The molecule has 0 saturated carbocycles. The van der Waals surface area contributed by atoms with E-state index in [4.69, 9.17) is 4.74 Å². The van der Waals surface area contributed by atoms with Crippen LogP contribution in [0.3, 0.4) is 0 Å². The standard InChI is InChI=1S/C15H18N2O4S/c1-2-11-3-5-12(6-4-11)16-13(18)10-21-14(19)9-17-7-8-22-15(17)20/h3-6H,2,7-10H2,1H3,(H,16,18). The molecule has 0 aromatic heterocycles. The molecule has 0 unspecified atom stereocenters. The highest BCUT2D eigenvalue weighted by molar-refractivity contribution is 8.13. The summed E-state index contributed by atoms with van der Waals surface area (Å²) in [7, 11) is 0. The molecule has 22 heavy (non-hydrogen) atoms. The lowest BCUT2D eigenvalue weighted by atomic mass is 10.1. The molecule has 1 aliphatic heterocycles. The molecule has 1 N–H and O–H groups in total. The molecule has 1 aromatic carbocycles. The summed E-state index contributed by atoms with van der Waals surface area (Å²) in [6.07, 6.45) is 0.930. The fourth-order valence-corrected chi connectivity index (χ4v) is 2.76. The number of hydrogen-bond acceptors (Lipinski definition) is 5. The van der Waals surface area contributed by atoms with Crippen molar-refractivity contribution in [2.45, 2.75) is 13.3 Å². The zero-order valence-corrected chi connectivity index (χ0v) is 13.1. The van der Waals surface area contributed by atoms with Crippen LogP contribution in [0.4, 0.5) is 10.5 Å². The van der Waals surface area contributed by atoms with E-state index in [0.717, 1.165) is 6.42 Å². The van der Waals surface area contributed by atoms with Crippen LogP contribution in [0.15, 0.2) is 24.3 Å². The van der Waals surface area contributed by atoms with Gasteiger partial charge in [0.15, 0.2) is 6.61 Å². The third-order valence-electron chi connectivity index (χ3n) is 3.18. The Hall–Kier alpha value is -2.02. The summed E-state index contributed by atoms with van der Waals surface area (Å²) in [5.74, 6) is -0.299. The van der Waals surface area contributed by atoms with Crippen molar-refractivity contribution in [3.8, 4) is 0 Å². The van der Waals surface area contributed by atoms with Gasteiger partial charge in [-0.3, -0.25) is 14.4 Å². The van der Waals surface area contributed by atoms with E-state index in [9.17, 15) is 14.4 Å². The third kappa shape index (κ3) is 4.77. The number of thioether (sulfide) groups is 1. The number of nitrogens with zero attached hydrogens (tertiary/aromatic N) is 1. The minimum atomic E-state index is -0.577. The number of nitrogens with one attached hydrogen (secondary N) is 1. The van der Waals surface area contributed by atoms with E-state index < -0.39 is 11.9 Å². The van der Waals surface area contributed by atoms with Crippen molar-refractivity contribution in [3.05, 3.63) is 29.8 Å². The summed E-state index contributed by atoms with van der Waals surface area (Å²) >= 11 is 1.18. The predicted octanol–water partition coefficient (Wildman–Crippen LogP) is 1.90. The summed E-state index contributed by atoms with van der Waals surface area (Å²) in [6.45, 7) is 2.12. The predicted molar refractivity (Wildman–Crippen MR) is 84.8 cm³/mol. The Balaban J connectivity index is 1.72. The molecule has 0 atom stereocenters. The molecular weight excluding hydrogens is 304 g/mol. The van der Waals surface area contributed by atoms with E-state index in [2.05, 4.69) is 12.2 Å². The Morgan fingerprint density at radius 3 is 2.64 bits per heavy atom. The number of amides is 2. The number of carbonyl (C=O) groups excluding carboxylic acids is 3. The Kier molecular flexibility index (Phi) is 5.83. The van der Waals surface area contributed by atoms with Gasteiger partial charge in [-0.2, -0.15) is 0 Å². The average Bonchev–Trinajstić information content (AvgIpc) is 2.91. The van der Waals surface area contributed by atoms with E-state index in [1.165, 1.54) is 22.2 Å². The first-order valence-electron chi connectivity index (χ1n) is 7.04. The maximum atomic E-state index is 11.7. The van der Waals surface area contributed by atoms with Crippen LogP contribution >= 0.6 is 11.8 Å². The van der Waals surface area contributed by atoms with Gasteiger partial charge in [-0.15, -0.1) is 0 Å². The molecule has 0 aliphatic carbocycles. The lowest BCUT2D eigenvalue weighted by Gasteiger charge is -2.13. The summed E-state index contributed by atoms with van der Waals surface area (Å²) in [5.41, 5.74) is 1.84. The molecule has 1 saturated heterocycles. The van der Waals surface area contributed by atoms with Crippen molar-refractivity contribution in [2.24, 2.45) is 0 Å². The van der Waals surface area contributed by atoms with Crippen LogP contribution in [0.5, 0.6) is 0 Å². The maximum Gasteiger partial charge on any atom is 0.326 e. The van der Waals surface area contributed by atoms with E-state index in [1.807, 2.05) is 12.1 Å². The van der Waals surface area contributed by atoms with Crippen LogP contribution in [0, 0.1) is 0 Å². The van der Waals surface area contributed by atoms with Crippen molar-refractivity contribution in [1.82, 2.24) is 4.90 Å². The summed E-state index contributed by atoms with van der Waals surface area (Å²) < 4.78 is 4.88. The van der Waals surface area contributed by atoms with Crippen LogP contribution in [0.25, 0.3) is 0 Å². The third-order valence-corrected chi connectivity index (χ3v) is 4.07. The quantitative estimate of drug-likeness (QED) is 0.810. The van der Waals surface area contributed by atoms with Crippen LogP contribution in [0.2, 0.25) is 0 Å². The topological polar surface area (TPSA) is 75.7 Å². The fraction of sp³-hybridized carbons (Fsp3) is 0.400. The highest BCUT2D eigenvalue weighted by atomic mass is 32.2. The molecular formula is C15H18N2O4S. The monoisotopic (exact) mass is 322 g/mol. The second-order valence-corrected chi connectivity index (χ2v) is 5.84. The SMILES string of the molecule is CCc1ccc(NC(=O)COC(=O)CN2CCSC2=O)cc1. The molecule has 0 bridgehead atoms. The number of carbonyl (C=O) groups is 3. The molecule has 1 aliphatic rings. The van der Waals surface area contributed by atoms with Gasteiger partial charge >= 0.3 is 5.97 Å². The first-order chi connectivity index (χ1) is 10.6. The van der Waals surface area contributed by atoms with Gasteiger partial charge in [-0.25, -0.2) is 0 Å². The molecule has 118 valence electrons. The highest BCUT2D eigenvalue weighted by Crippen LogP contribution is 2.16. The van der Waals surface area contributed by atoms with Crippen molar-refractivity contribution >= 4 is 34.6 Å².